The molecule has 1 unspecified atom stereocenters. The molecule has 0 fully saturated rings. The van der Waals surface area contributed by atoms with Gasteiger partial charge in [-0.1, -0.05) is 26.0 Å². The highest BCUT2D eigenvalue weighted by Crippen LogP contribution is 2.26. The number of carboxylic acid groups (broad SMARTS) is 1. The average Bonchev–Trinajstić information content (AvgIpc) is 2.51. The standard InChI is InChI=1S/C16H22N2O4S/c1-10(2)14(19)17-8-9-18-15(20)12-6-4-5-7-13(12)23-11(3)16(21)22/h4-7,10-11H,8-9H2,1-3H3,(H,17,19)(H,18,20)(H,21,22). The Balaban J connectivity index is 2.59. The zero-order valence-electron chi connectivity index (χ0n) is 13.5. The molecule has 0 aliphatic rings. The quantitative estimate of drug-likeness (QED) is 0.496. The molecule has 2 amide bonds. The van der Waals surface area contributed by atoms with Crippen molar-refractivity contribution in [2.75, 3.05) is 13.1 Å². The van der Waals surface area contributed by atoms with Crippen LogP contribution in [0, 0.1) is 5.92 Å². The van der Waals surface area contributed by atoms with Crippen LogP contribution in [-0.2, 0) is 9.59 Å². The van der Waals surface area contributed by atoms with Gasteiger partial charge in [0.25, 0.3) is 5.91 Å². The zero-order valence-corrected chi connectivity index (χ0v) is 14.3. The number of carboxylic acids is 1. The molecule has 0 heterocycles. The van der Waals surface area contributed by atoms with Crippen LogP contribution in [0.1, 0.15) is 31.1 Å². The lowest BCUT2D eigenvalue weighted by molar-refractivity contribution is -0.136. The van der Waals surface area contributed by atoms with Gasteiger partial charge in [-0.2, -0.15) is 0 Å². The van der Waals surface area contributed by atoms with Crippen molar-refractivity contribution in [3.05, 3.63) is 29.8 Å². The molecule has 3 N–H and O–H groups in total. The van der Waals surface area contributed by atoms with Crippen LogP contribution in [-0.4, -0.2) is 41.2 Å². The van der Waals surface area contributed by atoms with Gasteiger partial charge in [0.05, 0.1) is 5.56 Å². The van der Waals surface area contributed by atoms with Crippen molar-refractivity contribution in [3.63, 3.8) is 0 Å². The molecule has 23 heavy (non-hydrogen) atoms. The van der Waals surface area contributed by atoms with Crippen molar-refractivity contribution in [2.45, 2.75) is 30.9 Å². The average molecular weight is 338 g/mol. The summed E-state index contributed by atoms with van der Waals surface area (Å²) in [5, 5.41) is 13.8. The lowest BCUT2D eigenvalue weighted by atomic mass is 10.2. The third-order valence-electron chi connectivity index (χ3n) is 3.02. The molecule has 0 bridgehead atoms. The van der Waals surface area contributed by atoms with Gasteiger partial charge in [-0.3, -0.25) is 14.4 Å². The van der Waals surface area contributed by atoms with Gasteiger partial charge < -0.3 is 15.7 Å². The van der Waals surface area contributed by atoms with Crippen molar-refractivity contribution in [1.82, 2.24) is 10.6 Å². The van der Waals surface area contributed by atoms with E-state index in [4.69, 9.17) is 5.11 Å². The first kappa shape index (κ1) is 19.0. The van der Waals surface area contributed by atoms with Crippen molar-refractivity contribution in [2.24, 2.45) is 5.92 Å². The smallest absolute Gasteiger partial charge is 0.316 e. The van der Waals surface area contributed by atoms with Crippen LogP contribution in [0.2, 0.25) is 0 Å². The third kappa shape index (κ3) is 6.32. The van der Waals surface area contributed by atoms with Crippen LogP contribution >= 0.6 is 11.8 Å². The van der Waals surface area contributed by atoms with Crippen LogP contribution in [0.5, 0.6) is 0 Å². The summed E-state index contributed by atoms with van der Waals surface area (Å²) in [6, 6.07) is 6.86. The fourth-order valence-corrected chi connectivity index (χ4v) is 2.59. The van der Waals surface area contributed by atoms with Crippen molar-refractivity contribution >= 4 is 29.5 Å². The van der Waals surface area contributed by atoms with E-state index in [9.17, 15) is 14.4 Å². The van der Waals surface area contributed by atoms with Gasteiger partial charge in [-0.15, -0.1) is 11.8 Å². The van der Waals surface area contributed by atoms with Gasteiger partial charge in [0.2, 0.25) is 5.91 Å². The Bertz CT molecular complexity index is 575. The number of carbonyl (C=O) groups is 3. The monoisotopic (exact) mass is 338 g/mol. The predicted octanol–water partition coefficient (Wildman–Crippen LogP) is 1.75. The Kier molecular flexibility index (Phi) is 7.61. The van der Waals surface area contributed by atoms with Crippen LogP contribution in [0.15, 0.2) is 29.2 Å². The lowest BCUT2D eigenvalue weighted by Gasteiger charge is -2.12. The molecule has 1 aromatic rings. The number of carbonyl (C=O) groups excluding carboxylic acids is 2. The second kappa shape index (κ2) is 9.19. The number of nitrogens with one attached hydrogen (secondary N) is 2. The molecule has 0 saturated carbocycles. The van der Waals surface area contributed by atoms with E-state index in [-0.39, 0.29) is 17.7 Å². The summed E-state index contributed by atoms with van der Waals surface area (Å²) in [7, 11) is 0. The molecule has 1 atom stereocenters. The predicted molar refractivity (Wildman–Crippen MR) is 89.6 cm³/mol. The minimum absolute atomic E-state index is 0.0644. The number of hydrogen-bond acceptors (Lipinski definition) is 4. The molecule has 1 rings (SSSR count). The minimum Gasteiger partial charge on any atom is -0.480 e. The third-order valence-corrected chi connectivity index (χ3v) is 4.18. The largest absolute Gasteiger partial charge is 0.480 e. The Morgan fingerprint density at radius 2 is 1.70 bits per heavy atom. The summed E-state index contributed by atoms with van der Waals surface area (Å²) in [4.78, 5) is 35.2. The first-order chi connectivity index (χ1) is 10.8. The number of aliphatic carboxylic acids is 1. The van der Waals surface area contributed by atoms with Crippen molar-refractivity contribution < 1.29 is 19.5 Å². The van der Waals surface area contributed by atoms with Crippen LogP contribution in [0.4, 0.5) is 0 Å². The van der Waals surface area contributed by atoms with E-state index >= 15 is 0 Å². The van der Waals surface area contributed by atoms with Crippen LogP contribution in [0.3, 0.4) is 0 Å². The highest BCUT2D eigenvalue weighted by Gasteiger charge is 2.17. The van der Waals surface area contributed by atoms with Gasteiger partial charge in [0, 0.05) is 23.9 Å². The number of hydrogen-bond donors (Lipinski definition) is 3. The molecule has 126 valence electrons. The minimum atomic E-state index is -0.929. The summed E-state index contributed by atoms with van der Waals surface area (Å²) in [5.74, 6) is -1.38. The summed E-state index contributed by atoms with van der Waals surface area (Å²) >= 11 is 1.12. The van der Waals surface area contributed by atoms with Gasteiger partial charge in [0.1, 0.15) is 5.25 Å². The lowest BCUT2D eigenvalue weighted by Crippen LogP contribution is -2.36. The van der Waals surface area contributed by atoms with Crippen LogP contribution < -0.4 is 10.6 Å². The highest BCUT2D eigenvalue weighted by atomic mass is 32.2. The first-order valence-corrected chi connectivity index (χ1v) is 8.25. The fourth-order valence-electron chi connectivity index (χ4n) is 1.66. The molecule has 0 saturated heterocycles. The van der Waals surface area contributed by atoms with E-state index in [1.165, 1.54) is 0 Å². The van der Waals surface area contributed by atoms with Crippen molar-refractivity contribution in [1.29, 1.82) is 0 Å². The van der Waals surface area contributed by atoms with Gasteiger partial charge >= 0.3 is 5.97 Å². The topological polar surface area (TPSA) is 95.5 Å². The number of thioether (sulfide) groups is 1. The van der Waals surface area contributed by atoms with E-state index in [1.54, 1.807) is 45.0 Å². The molecule has 1 aromatic carbocycles. The Morgan fingerprint density at radius 1 is 1.09 bits per heavy atom. The summed E-state index contributed by atoms with van der Waals surface area (Å²) in [5.41, 5.74) is 0.431. The molecule has 0 spiro atoms. The maximum atomic E-state index is 12.2. The van der Waals surface area contributed by atoms with Crippen LogP contribution in [0.25, 0.3) is 0 Å². The Labute approximate surface area is 140 Å². The molecular formula is C16H22N2O4S. The van der Waals surface area contributed by atoms with E-state index < -0.39 is 11.2 Å². The van der Waals surface area contributed by atoms with E-state index in [0.29, 0.717) is 23.5 Å². The summed E-state index contributed by atoms with van der Waals surface area (Å²) < 4.78 is 0. The molecular weight excluding hydrogens is 316 g/mol. The Morgan fingerprint density at radius 3 is 2.30 bits per heavy atom. The highest BCUT2D eigenvalue weighted by molar-refractivity contribution is 8.00. The normalized spacial score (nSPS) is 11.8. The molecule has 0 aliphatic heterocycles. The SMILES string of the molecule is CC(C)C(=O)NCCNC(=O)c1ccccc1SC(C)C(=O)O. The molecule has 0 aromatic heterocycles. The van der Waals surface area contributed by atoms with Gasteiger partial charge in [-0.05, 0) is 19.1 Å². The molecule has 0 aliphatic carbocycles. The maximum absolute atomic E-state index is 12.2. The zero-order chi connectivity index (χ0) is 17.4. The maximum Gasteiger partial charge on any atom is 0.316 e. The van der Waals surface area contributed by atoms with Gasteiger partial charge in [0.15, 0.2) is 0 Å². The number of amides is 2. The second-order valence-corrected chi connectivity index (χ2v) is 6.68. The summed E-state index contributed by atoms with van der Waals surface area (Å²) in [6.07, 6.45) is 0. The van der Waals surface area contributed by atoms with E-state index in [0.717, 1.165) is 11.8 Å². The van der Waals surface area contributed by atoms with Gasteiger partial charge in [-0.25, -0.2) is 0 Å². The Hall–Kier alpha value is -2.02. The van der Waals surface area contributed by atoms with Crippen molar-refractivity contribution in [3.8, 4) is 0 Å². The molecule has 0 radical (unpaired) electrons. The van der Waals surface area contributed by atoms with E-state index in [1.807, 2.05) is 0 Å². The van der Waals surface area contributed by atoms with E-state index in [2.05, 4.69) is 10.6 Å². The molecule has 7 heteroatoms. The first-order valence-electron chi connectivity index (χ1n) is 7.37. The fraction of sp³-hybridized carbons (Fsp3) is 0.438. The summed E-state index contributed by atoms with van der Waals surface area (Å²) in [6.45, 7) is 5.83. The number of benzene rings is 1. The second-order valence-electron chi connectivity index (χ2n) is 5.30. The molecule has 6 nitrogen and oxygen atoms in total. The number of rotatable bonds is 8.